The highest BCUT2D eigenvalue weighted by Crippen LogP contribution is 2.35. The Morgan fingerprint density at radius 3 is 2.39 bits per heavy atom. The van der Waals surface area contributed by atoms with E-state index in [9.17, 15) is 9.90 Å². The molecular weight excluding hydrogens is 416 g/mol. The Morgan fingerprint density at radius 2 is 1.82 bits per heavy atom. The van der Waals surface area contributed by atoms with Crippen LogP contribution >= 0.6 is 0 Å². The molecule has 3 rings (SSSR count). The van der Waals surface area contributed by atoms with Crippen LogP contribution in [0, 0.1) is 5.41 Å². The van der Waals surface area contributed by atoms with Crippen molar-refractivity contribution in [2.24, 2.45) is 5.73 Å². The minimum absolute atomic E-state index is 0.0389. The molecule has 0 fully saturated rings. The minimum atomic E-state index is -1.01. The van der Waals surface area contributed by atoms with Crippen LogP contribution in [-0.2, 0) is 24.2 Å². The third-order valence-electron chi connectivity index (χ3n) is 5.38. The summed E-state index contributed by atoms with van der Waals surface area (Å²) in [6.07, 6.45) is 5.90. The topological polar surface area (TPSA) is 121 Å². The number of pyridine rings is 1. The van der Waals surface area contributed by atoms with Gasteiger partial charge in [0.15, 0.2) is 6.04 Å². The lowest BCUT2D eigenvalue weighted by atomic mass is 9.95. The van der Waals surface area contributed by atoms with Crippen molar-refractivity contribution >= 4 is 17.5 Å². The van der Waals surface area contributed by atoms with Crippen molar-refractivity contribution in [3.63, 3.8) is 0 Å². The van der Waals surface area contributed by atoms with Crippen LogP contribution in [-0.4, -0.2) is 21.9 Å². The van der Waals surface area contributed by atoms with E-state index in [0.717, 1.165) is 36.0 Å². The number of aryl methyl sites for hydroxylation is 2. The fraction of sp³-hybridized carbons (Fsp3) is 0.269. The van der Waals surface area contributed by atoms with E-state index in [2.05, 4.69) is 30.2 Å². The number of rotatable bonds is 11. The third-order valence-corrected chi connectivity index (χ3v) is 5.38. The normalized spacial score (nSPS) is 11.6. The van der Waals surface area contributed by atoms with E-state index < -0.39 is 12.0 Å². The maximum atomic E-state index is 12.4. The maximum absolute atomic E-state index is 12.4. The second-order valence-corrected chi connectivity index (χ2v) is 7.83. The Hall–Kier alpha value is -3.87. The number of nitrogen functional groups attached to an aromatic ring is 1. The summed E-state index contributed by atoms with van der Waals surface area (Å²) in [7, 11) is 0. The van der Waals surface area contributed by atoms with Crippen molar-refractivity contribution < 1.29 is 14.6 Å². The van der Waals surface area contributed by atoms with Crippen LogP contribution in [0.4, 0.5) is 5.69 Å². The van der Waals surface area contributed by atoms with Gasteiger partial charge >= 0.3 is 5.97 Å². The molecule has 1 heterocycles. The zero-order valence-electron chi connectivity index (χ0n) is 19.0. The molecule has 7 nitrogen and oxygen atoms in total. The molecule has 1 atom stereocenters. The number of benzene rings is 2. The van der Waals surface area contributed by atoms with Gasteiger partial charge in [-0.15, -0.1) is 0 Å². The summed E-state index contributed by atoms with van der Waals surface area (Å²) < 4.78 is 6.25. The van der Waals surface area contributed by atoms with Gasteiger partial charge in [0.05, 0.1) is 0 Å². The molecule has 1 aromatic heterocycles. The Kier molecular flexibility index (Phi) is 8.02. The monoisotopic (exact) mass is 446 g/mol. The molecule has 0 aliphatic carbocycles. The number of nitrogens with two attached hydrogens (primary N) is 1. The van der Waals surface area contributed by atoms with Crippen LogP contribution in [0.15, 0.2) is 60.9 Å². The minimum Gasteiger partial charge on any atom is -0.488 e. The lowest BCUT2D eigenvalue weighted by Crippen LogP contribution is -2.22. The van der Waals surface area contributed by atoms with E-state index in [1.807, 2.05) is 18.2 Å². The first kappa shape index (κ1) is 23.8. The molecular formula is C26H30N4O3. The van der Waals surface area contributed by atoms with Crippen molar-refractivity contribution in [2.75, 3.05) is 5.32 Å². The Morgan fingerprint density at radius 1 is 1.12 bits per heavy atom. The molecule has 0 unspecified atom stereocenters. The van der Waals surface area contributed by atoms with E-state index in [1.54, 1.807) is 36.7 Å². The number of amidine groups is 1. The van der Waals surface area contributed by atoms with Gasteiger partial charge in [-0.05, 0) is 72.0 Å². The number of carboxylic acids is 1. The molecule has 0 saturated heterocycles. The van der Waals surface area contributed by atoms with Gasteiger partial charge in [0.1, 0.15) is 18.2 Å². The molecule has 33 heavy (non-hydrogen) atoms. The van der Waals surface area contributed by atoms with Crippen LogP contribution < -0.4 is 15.8 Å². The number of anilines is 1. The van der Waals surface area contributed by atoms with Crippen molar-refractivity contribution in [1.29, 1.82) is 5.41 Å². The fourth-order valence-corrected chi connectivity index (χ4v) is 3.65. The van der Waals surface area contributed by atoms with Gasteiger partial charge < -0.3 is 20.9 Å². The van der Waals surface area contributed by atoms with E-state index in [-0.39, 0.29) is 5.84 Å². The predicted molar refractivity (Wildman–Crippen MR) is 130 cm³/mol. The highest BCUT2D eigenvalue weighted by Gasteiger charge is 2.26. The number of ether oxygens (including phenoxy) is 1. The smallest absolute Gasteiger partial charge is 0.330 e. The van der Waals surface area contributed by atoms with Crippen LogP contribution in [0.5, 0.6) is 5.75 Å². The number of aliphatic carboxylic acids is 1. The summed E-state index contributed by atoms with van der Waals surface area (Å²) in [4.78, 5) is 16.4. The van der Waals surface area contributed by atoms with Gasteiger partial charge in [-0.2, -0.15) is 0 Å². The van der Waals surface area contributed by atoms with Gasteiger partial charge in [-0.3, -0.25) is 10.4 Å². The molecule has 7 heteroatoms. The molecule has 0 aliphatic heterocycles. The summed E-state index contributed by atoms with van der Waals surface area (Å²) in [6, 6.07) is 13.6. The Bertz CT molecular complexity index is 1100. The summed E-state index contributed by atoms with van der Waals surface area (Å²) in [5, 5.41) is 20.8. The molecule has 0 aliphatic rings. The number of aromatic nitrogens is 1. The lowest BCUT2D eigenvalue weighted by molar-refractivity contribution is -0.138. The number of hydrogen-bond donors (Lipinski definition) is 4. The molecule has 0 amide bonds. The second kappa shape index (κ2) is 11.1. The summed E-state index contributed by atoms with van der Waals surface area (Å²) in [5.74, 6) is -0.441. The van der Waals surface area contributed by atoms with Crippen LogP contribution in [0.1, 0.15) is 54.1 Å². The highest BCUT2D eigenvalue weighted by atomic mass is 16.5. The van der Waals surface area contributed by atoms with Gasteiger partial charge in [-0.25, -0.2) is 4.79 Å². The largest absolute Gasteiger partial charge is 0.488 e. The van der Waals surface area contributed by atoms with E-state index in [1.165, 1.54) is 0 Å². The first-order chi connectivity index (χ1) is 15.9. The van der Waals surface area contributed by atoms with Gasteiger partial charge in [0.25, 0.3) is 0 Å². The number of carboxylic acid groups (broad SMARTS) is 1. The average Bonchev–Trinajstić information content (AvgIpc) is 2.82. The molecule has 172 valence electrons. The highest BCUT2D eigenvalue weighted by molar-refractivity contribution is 5.95. The van der Waals surface area contributed by atoms with E-state index >= 15 is 0 Å². The maximum Gasteiger partial charge on any atom is 0.330 e. The molecule has 0 radical (unpaired) electrons. The molecule has 2 aromatic carbocycles. The van der Waals surface area contributed by atoms with Crippen molar-refractivity contribution in [1.82, 2.24) is 4.98 Å². The lowest BCUT2D eigenvalue weighted by Gasteiger charge is -2.23. The Labute approximate surface area is 194 Å². The van der Waals surface area contributed by atoms with Crippen molar-refractivity contribution in [2.45, 2.75) is 45.8 Å². The van der Waals surface area contributed by atoms with Gasteiger partial charge in [-0.1, -0.05) is 26.3 Å². The zero-order valence-corrected chi connectivity index (χ0v) is 19.0. The van der Waals surface area contributed by atoms with Crippen LogP contribution in [0.2, 0.25) is 0 Å². The molecule has 0 spiro atoms. The molecule has 5 N–H and O–H groups in total. The van der Waals surface area contributed by atoms with E-state index in [4.69, 9.17) is 15.9 Å². The second-order valence-electron chi connectivity index (χ2n) is 7.83. The standard InChI is InChI=1S/C26H30N4O3/c1-3-5-20-14-17(4-2)15-22(24(20)33-16-18-10-12-29-13-11-18)23(26(31)32)30-21-8-6-19(7-9-21)25(27)28/h6-15,23,30H,3-5,16H2,1-2H3,(H3,27,28)(H,31,32)/t23-/m1/s1. The summed E-state index contributed by atoms with van der Waals surface area (Å²) >= 11 is 0. The summed E-state index contributed by atoms with van der Waals surface area (Å²) in [6.45, 7) is 4.46. The predicted octanol–water partition coefficient (Wildman–Crippen LogP) is 4.70. The van der Waals surface area contributed by atoms with E-state index in [0.29, 0.717) is 29.2 Å². The molecule has 0 saturated carbocycles. The van der Waals surface area contributed by atoms with Crippen molar-refractivity contribution in [3.8, 4) is 5.75 Å². The van der Waals surface area contributed by atoms with Crippen LogP contribution in [0.3, 0.4) is 0 Å². The quantitative estimate of drug-likeness (QED) is 0.250. The number of carbonyl (C=O) groups is 1. The number of hydrogen-bond acceptors (Lipinski definition) is 5. The SMILES string of the molecule is CCCc1cc(CC)cc([C@@H](Nc2ccc(C(=N)N)cc2)C(=O)O)c1OCc1ccncc1. The Balaban J connectivity index is 2.02. The first-order valence-corrected chi connectivity index (χ1v) is 11.0. The summed E-state index contributed by atoms with van der Waals surface area (Å²) in [5.41, 5.74) is 10.3. The molecule has 3 aromatic rings. The first-order valence-electron chi connectivity index (χ1n) is 11.0. The number of nitrogens with one attached hydrogen (secondary N) is 2. The van der Waals surface area contributed by atoms with Gasteiger partial charge in [0.2, 0.25) is 0 Å². The van der Waals surface area contributed by atoms with Crippen molar-refractivity contribution in [3.05, 3.63) is 88.7 Å². The number of nitrogens with zero attached hydrogens (tertiary/aromatic N) is 1. The van der Waals surface area contributed by atoms with Gasteiger partial charge in [0, 0.05) is 29.2 Å². The fourth-order valence-electron chi connectivity index (χ4n) is 3.65. The average molecular weight is 447 g/mol. The molecule has 0 bridgehead atoms. The zero-order chi connectivity index (χ0) is 23.8. The van der Waals surface area contributed by atoms with Crippen LogP contribution in [0.25, 0.3) is 0 Å². The third kappa shape index (κ3) is 6.10.